The minimum absolute atomic E-state index is 0.132. The zero-order chi connectivity index (χ0) is 13.1. The van der Waals surface area contributed by atoms with Crippen molar-refractivity contribution in [2.45, 2.75) is 0 Å². The van der Waals surface area contributed by atoms with Gasteiger partial charge < -0.3 is 4.90 Å². The lowest BCUT2D eigenvalue weighted by molar-refractivity contribution is 0.0993. The van der Waals surface area contributed by atoms with Gasteiger partial charge >= 0.3 is 0 Å². The van der Waals surface area contributed by atoms with Gasteiger partial charge in [0.1, 0.15) is 0 Å². The van der Waals surface area contributed by atoms with E-state index in [0.29, 0.717) is 10.6 Å². The summed E-state index contributed by atoms with van der Waals surface area (Å²) in [7, 11) is 1.73. The number of carbonyl (C=O) groups is 1. The molecule has 2 aromatic rings. The second-order valence-electron chi connectivity index (χ2n) is 3.80. The van der Waals surface area contributed by atoms with Crippen molar-refractivity contribution < 1.29 is 4.79 Å². The van der Waals surface area contributed by atoms with Gasteiger partial charge in [0, 0.05) is 17.2 Å². The number of hydrogen-bond donors (Lipinski definition) is 0. The number of nitrogens with zero attached hydrogens (tertiary/aromatic N) is 1. The third-order valence-electron chi connectivity index (χ3n) is 2.63. The van der Waals surface area contributed by atoms with Crippen LogP contribution in [-0.4, -0.2) is 13.0 Å². The Kier molecular flexibility index (Phi) is 4.04. The molecule has 1 amide bonds. The first-order valence-corrected chi connectivity index (χ1v) is 6.55. The molecule has 2 rings (SSSR count). The van der Waals surface area contributed by atoms with Crippen molar-refractivity contribution in [2.75, 3.05) is 11.9 Å². The van der Waals surface area contributed by atoms with Crippen LogP contribution in [0.1, 0.15) is 10.4 Å². The van der Waals surface area contributed by atoms with Crippen LogP contribution < -0.4 is 4.90 Å². The van der Waals surface area contributed by atoms with Crippen LogP contribution in [0.5, 0.6) is 0 Å². The van der Waals surface area contributed by atoms with Crippen molar-refractivity contribution in [3.05, 3.63) is 63.6 Å². The second kappa shape index (κ2) is 5.55. The summed E-state index contributed by atoms with van der Waals surface area (Å²) >= 11 is 9.44. The molecule has 0 fully saturated rings. The van der Waals surface area contributed by atoms with E-state index in [1.807, 2.05) is 36.4 Å². The predicted octanol–water partition coefficient (Wildman–Crippen LogP) is 4.38. The number of halogens is 2. The van der Waals surface area contributed by atoms with E-state index >= 15 is 0 Å². The molecule has 0 saturated heterocycles. The molecule has 0 N–H and O–H groups in total. The summed E-state index contributed by atoms with van der Waals surface area (Å²) < 4.78 is 0.719. The fraction of sp³-hybridized carbons (Fsp3) is 0.0714. The Bertz CT molecular complexity index is 571. The van der Waals surface area contributed by atoms with E-state index in [0.717, 1.165) is 10.2 Å². The first-order chi connectivity index (χ1) is 8.61. The Balaban J connectivity index is 2.35. The third kappa shape index (κ3) is 2.57. The molecular formula is C14H11BrClNO. The molecule has 0 atom stereocenters. The summed E-state index contributed by atoms with van der Waals surface area (Å²) in [6, 6.07) is 14.8. The highest BCUT2D eigenvalue weighted by atomic mass is 79.9. The first kappa shape index (κ1) is 13.1. The number of carbonyl (C=O) groups excluding carboxylic acids is 1. The molecule has 0 unspecified atom stereocenters. The molecule has 0 aliphatic heterocycles. The summed E-state index contributed by atoms with van der Waals surface area (Å²) in [6.45, 7) is 0. The molecule has 0 bridgehead atoms. The van der Waals surface area contributed by atoms with E-state index in [1.165, 1.54) is 0 Å². The summed E-state index contributed by atoms with van der Waals surface area (Å²) in [5, 5.41) is 0.435. The van der Waals surface area contributed by atoms with Gasteiger partial charge in [0.2, 0.25) is 0 Å². The fourth-order valence-electron chi connectivity index (χ4n) is 1.62. The average Bonchev–Trinajstić information content (AvgIpc) is 2.41. The molecule has 0 aliphatic rings. The van der Waals surface area contributed by atoms with E-state index < -0.39 is 0 Å². The maximum Gasteiger partial charge on any atom is 0.259 e. The minimum atomic E-state index is -0.132. The predicted molar refractivity (Wildman–Crippen MR) is 78.3 cm³/mol. The van der Waals surface area contributed by atoms with E-state index in [9.17, 15) is 4.79 Å². The molecular weight excluding hydrogens is 314 g/mol. The molecule has 0 saturated carbocycles. The van der Waals surface area contributed by atoms with E-state index in [1.54, 1.807) is 24.1 Å². The van der Waals surface area contributed by atoms with Crippen LogP contribution in [-0.2, 0) is 0 Å². The van der Waals surface area contributed by atoms with Crippen LogP contribution in [0.15, 0.2) is 53.0 Å². The quantitative estimate of drug-likeness (QED) is 0.803. The van der Waals surface area contributed by atoms with Crippen molar-refractivity contribution in [1.29, 1.82) is 0 Å². The van der Waals surface area contributed by atoms with Gasteiger partial charge in [-0.15, -0.1) is 0 Å². The number of hydrogen-bond acceptors (Lipinski definition) is 1. The highest BCUT2D eigenvalue weighted by Crippen LogP contribution is 2.27. The van der Waals surface area contributed by atoms with Crippen LogP contribution in [0.2, 0.25) is 5.02 Å². The van der Waals surface area contributed by atoms with Gasteiger partial charge in [-0.1, -0.05) is 35.9 Å². The third-order valence-corrected chi connectivity index (χ3v) is 3.93. The molecule has 0 aliphatic carbocycles. The number of rotatable bonds is 2. The van der Waals surface area contributed by atoms with Crippen LogP contribution in [0.3, 0.4) is 0 Å². The van der Waals surface area contributed by atoms with Gasteiger partial charge in [-0.2, -0.15) is 0 Å². The fourth-order valence-corrected chi connectivity index (χ4v) is 2.19. The number of amides is 1. The van der Waals surface area contributed by atoms with E-state index in [4.69, 9.17) is 11.6 Å². The molecule has 0 aromatic heterocycles. The Morgan fingerprint density at radius 3 is 2.44 bits per heavy atom. The standard InChI is InChI=1S/C14H11BrClNO/c1-17(10-6-3-2-4-7-10)14(18)11-8-5-9-12(15)13(11)16/h2-9H,1H3. The van der Waals surface area contributed by atoms with Gasteiger partial charge in [-0.05, 0) is 40.2 Å². The molecule has 4 heteroatoms. The zero-order valence-electron chi connectivity index (χ0n) is 9.73. The van der Waals surface area contributed by atoms with Crippen molar-refractivity contribution >= 4 is 39.1 Å². The van der Waals surface area contributed by atoms with Gasteiger partial charge in [-0.3, -0.25) is 4.79 Å². The highest BCUT2D eigenvalue weighted by Gasteiger charge is 2.17. The lowest BCUT2D eigenvalue weighted by atomic mass is 10.2. The number of anilines is 1. The second-order valence-corrected chi connectivity index (χ2v) is 5.03. The van der Waals surface area contributed by atoms with Crippen molar-refractivity contribution in [2.24, 2.45) is 0 Å². The minimum Gasteiger partial charge on any atom is -0.311 e. The number of benzene rings is 2. The summed E-state index contributed by atoms with van der Waals surface area (Å²) in [4.78, 5) is 13.9. The molecule has 0 radical (unpaired) electrons. The lowest BCUT2D eigenvalue weighted by Gasteiger charge is -2.18. The topological polar surface area (TPSA) is 20.3 Å². The normalized spacial score (nSPS) is 10.2. The highest BCUT2D eigenvalue weighted by molar-refractivity contribution is 9.10. The van der Waals surface area contributed by atoms with Crippen LogP contribution >= 0.6 is 27.5 Å². The van der Waals surface area contributed by atoms with Gasteiger partial charge in [0.05, 0.1) is 10.6 Å². The zero-order valence-corrected chi connectivity index (χ0v) is 12.1. The maximum atomic E-state index is 12.3. The summed E-state index contributed by atoms with van der Waals surface area (Å²) in [6.07, 6.45) is 0. The molecule has 18 heavy (non-hydrogen) atoms. The SMILES string of the molecule is CN(C(=O)c1cccc(Br)c1Cl)c1ccccc1. The van der Waals surface area contributed by atoms with Gasteiger partial charge in [-0.25, -0.2) is 0 Å². The average molecular weight is 325 g/mol. The van der Waals surface area contributed by atoms with Crippen molar-refractivity contribution in [1.82, 2.24) is 0 Å². The summed E-state index contributed by atoms with van der Waals surface area (Å²) in [5.41, 5.74) is 1.32. The van der Waals surface area contributed by atoms with E-state index in [2.05, 4.69) is 15.9 Å². The van der Waals surface area contributed by atoms with Gasteiger partial charge in [0.25, 0.3) is 5.91 Å². The largest absolute Gasteiger partial charge is 0.311 e. The Morgan fingerprint density at radius 1 is 1.11 bits per heavy atom. The molecule has 2 nitrogen and oxygen atoms in total. The Labute approximate surface area is 119 Å². The molecule has 0 spiro atoms. The lowest BCUT2D eigenvalue weighted by Crippen LogP contribution is -2.26. The number of para-hydroxylation sites is 1. The van der Waals surface area contributed by atoms with Crippen LogP contribution in [0.25, 0.3) is 0 Å². The Morgan fingerprint density at radius 2 is 1.78 bits per heavy atom. The first-order valence-electron chi connectivity index (χ1n) is 5.38. The molecule has 2 aromatic carbocycles. The van der Waals surface area contributed by atoms with Crippen molar-refractivity contribution in [3.63, 3.8) is 0 Å². The maximum absolute atomic E-state index is 12.3. The smallest absolute Gasteiger partial charge is 0.259 e. The van der Waals surface area contributed by atoms with E-state index in [-0.39, 0.29) is 5.91 Å². The van der Waals surface area contributed by atoms with Crippen molar-refractivity contribution in [3.8, 4) is 0 Å². The molecule has 0 heterocycles. The molecule has 92 valence electrons. The van der Waals surface area contributed by atoms with Crippen LogP contribution in [0.4, 0.5) is 5.69 Å². The summed E-state index contributed by atoms with van der Waals surface area (Å²) in [5.74, 6) is -0.132. The monoisotopic (exact) mass is 323 g/mol. The Hall–Kier alpha value is -1.32. The van der Waals surface area contributed by atoms with Crippen LogP contribution in [0, 0.1) is 0 Å². The van der Waals surface area contributed by atoms with Gasteiger partial charge in [0.15, 0.2) is 0 Å².